The zero-order valence-corrected chi connectivity index (χ0v) is 10.0. The van der Waals surface area contributed by atoms with Crippen molar-refractivity contribution in [2.45, 2.75) is 33.3 Å². The summed E-state index contributed by atoms with van der Waals surface area (Å²) in [5.41, 5.74) is -0.811. The van der Waals surface area contributed by atoms with Crippen molar-refractivity contribution in [2.24, 2.45) is 0 Å². The first-order chi connectivity index (χ1) is 6.39. The van der Waals surface area contributed by atoms with Crippen molar-refractivity contribution in [2.75, 3.05) is 0 Å². The summed E-state index contributed by atoms with van der Waals surface area (Å²) in [5.74, 6) is 5.55. The van der Waals surface area contributed by atoms with E-state index in [9.17, 15) is 4.57 Å². The van der Waals surface area contributed by atoms with Crippen LogP contribution in [0.25, 0.3) is 0 Å². The second-order valence-electron chi connectivity index (χ2n) is 3.36. The molecule has 3 heteroatoms. The number of allylic oxidation sites excluding steroid dienone is 2. The summed E-state index contributed by atoms with van der Waals surface area (Å²) < 4.78 is 17.5. The second kappa shape index (κ2) is 5.20. The van der Waals surface area contributed by atoms with Crippen LogP contribution in [0, 0.1) is 12.3 Å². The zero-order chi connectivity index (χ0) is 11.2. The first kappa shape index (κ1) is 13.2. The van der Waals surface area contributed by atoms with Crippen molar-refractivity contribution in [3.63, 3.8) is 0 Å². The Labute approximate surface area is 86.5 Å². The molecule has 0 atom stereocenters. The molecule has 0 rings (SSSR count). The zero-order valence-electron chi connectivity index (χ0n) is 9.15. The fraction of sp³-hybridized carbons (Fsp3) is 0.455. The van der Waals surface area contributed by atoms with Gasteiger partial charge in [0.15, 0.2) is 0 Å². The highest BCUT2D eigenvalue weighted by atomic mass is 31.2. The van der Waals surface area contributed by atoms with Gasteiger partial charge in [0.1, 0.15) is 5.60 Å². The molecule has 0 saturated carbocycles. The van der Waals surface area contributed by atoms with Gasteiger partial charge in [-0.25, -0.2) is 0 Å². The Hall–Kier alpha value is -0.770. The summed E-state index contributed by atoms with van der Waals surface area (Å²) in [6.07, 6.45) is 8.67. The topological polar surface area (TPSA) is 26.3 Å². The van der Waals surface area contributed by atoms with E-state index in [4.69, 9.17) is 10.9 Å². The Morgan fingerprint density at radius 3 is 2.00 bits per heavy atom. The van der Waals surface area contributed by atoms with E-state index in [1.165, 1.54) is 0 Å². The van der Waals surface area contributed by atoms with Crippen molar-refractivity contribution >= 4 is 7.37 Å². The molecule has 0 N–H and O–H groups in total. The maximum atomic E-state index is 12.1. The number of hydrogen-bond donors (Lipinski definition) is 0. The standard InChI is InChI=1S/C11H17O2P/c1-6-9-14(12,10-7-2)13-11(4,5)8-3/h3,6-7,9-10H,1-2,4-5H3. The number of terminal acetylenes is 1. The van der Waals surface area contributed by atoms with Crippen molar-refractivity contribution < 1.29 is 9.09 Å². The van der Waals surface area contributed by atoms with E-state index in [1.807, 2.05) is 0 Å². The summed E-state index contributed by atoms with van der Waals surface area (Å²) in [7, 11) is -2.86. The van der Waals surface area contributed by atoms with Crippen LogP contribution < -0.4 is 0 Å². The van der Waals surface area contributed by atoms with E-state index < -0.39 is 13.0 Å². The third-order valence-corrected chi connectivity index (χ3v) is 3.60. The molecule has 0 aliphatic carbocycles. The molecular formula is C11H17O2P. The SMILES string of the molecule is C#CC(C)(C)OP(=O)(C=CC)C=CC. The van der Waals surface area contributed by atoms with Gasteiger partial charge >= 0.3 is 0 Å². The van der Waals surface area contributed by atoms with Gasteiger partial charge in [-0.2, -0.15) is 0 Å². The van der Waals surface area contributed by atoms with Crippen molar-refractivity contribution in [1.29, 1.82) is 0 Å². The molecule has 0 aromatic heterocycles. The average molecular weight is 212 g/mol. The molecule has 0 spiro atoms. The van der Waals surface area contributed by atoms with Crippen LogP contribution in [-0.4, -0.2) is 5.60 Å². The highest BCUT2D eigenvalue weighted by Gasteiger charge is 2.25. The van der Waals surface area contributed by atoms with E-state index in [1.54, 1.807) is 51.5 Å². The fourth-order valence-corrected chi connectivity index (χ4v) is 2.73. The van der Waals surface area contributed by atoms with Crippen LogP contribution in [-0.2, 0) is 9.09 Å². The normalized spacial score (nSPS) is 17.1. The fourth-order valence-electron chi connectivity index (χ4n) is 0.909. The highest BCUT2D eigenvalue weighted by molar-refractivity contribution is 7.65. The predicted octanol–water partition coefficient (Wildman–Crippen LogP) is 3.76. The van der Waals surface area contributed by atoms with E-state index in [-0.39, 0.29) is 0 Å². The number of hydrogen-bond acceptors (Lipinski definition) is 2. The van der Waals surface area contributed by atoms with Gasteiger partial charge in [-0.3, -0.25) is 4.57 Å². The third-order valence-electron chi connectivity index (χ3n) is 1.43. The van der Waals surface area contributed by atoms with Crippen LogP contribution in [0.15, 0.2) is 23.8 Å². The van der Waals surface area contributed by atoms with Gasteiger partial charge in [0.05, 0.1) is 0 Å². The molecule has 78 valence electrons. The molecule has 0 heterocycles. The Morgan fingerprint density at radius 1 is 1.29 bits per heavy atom. The quantitative estimate of drug-likeness (QED) is 0.524. The molecular weight excluding hydrogens is 195 g/mol. The molecule has 0 aromatic carbocycles. The van der Waals surface area contributed by atoms with Crippen LogP contribution in [0.1, 0.15) is 27.7 Å². The molecule has 0 amide bonds. The van der Waals surface area contributed by atoms with E-state index in [0.29, 0.717) is 0 Å². The van der Waals surface area contributed by atoms with Crippen LogP contribution in [0.4, 0.5) is 0 Å². The summed E-state index contributed by atoms with van der Waals surface area (Å²) >= 11 is 0. The smallest absolute Gasteiger partial charge is 0.248 e. The maximum Gasteiger partial charge on any atom is 0.248 e. The first-order valence-electron chi connectivity index (χ1n) is 4.45. The molecule has 0 fully saturated rings. The summed E-state index contributed by atoms with van der Waals surface area (Å²) in [5, 5.41) is 0. The van der Waals surface area contributed by atoms with Crippen molar-refractivity contribution in [1.82, 2.24) is 0 Å². The Morgan fingerprint density at radius 2 is 1.71 bits per heavy atom. The Bertz CT molecular complexity index is 303. The van der Waals surface area contributed by atoms with Gasteiger partial charge < -0.3 is 4.52 Å². The minimum Gasteiger partial charge on any atom is -0.304 e. The van der Waals surface area contributed by atoms with Crippen molar-refractivity contribution in [3.8, 4) is 12.3 Å². The second-order valence-corrected chi connectivity index (χ2v) is 5.43. The van der Waals surface area contributed by atoms with Gasteiger partial charge in [-0.05, 0) is 27.7 Å². The van der Waals surface area contributed by atoms with Gasteiger partial charge in [-0.1, -0.05) is 18.1 Å². The monoisotopic (exact) mass is 212 g/mol. The molecule has 0 aliphatic rings. The van der Waals surface area contributed by atoms with E-state index in [2.05, 4.69) is 5.92 Å². The predicted molar refractivity (Wildman–Crippen MR) is 61.2 cm³/mol. The van der Waals surface area contributed by atoms with Crippen LogP contribution in [0.2, 0.25) is 0 Å². The summed E-state index contributed by atoms with van der Waals surface area (Å²) in [6.45, 7) is 7.02. The van der Waals surface area contributed by atoms with Gasteiger partial charge in [-0.15, -0.1) is 6.42 Å². The minimum atomic E-state index is -2.86. The van der Waals surface area contributed by atoms with Gasteiger partial charge in [0.25, 0.3) is 0 Å². The molecule has 14 heavy (non-hydrogen) atoms. The Kier molecular flexibility index (Phi) is 4.91. The number of rotatable bonds is 4. The molecule has 0 bridgehead atoms. The van der Waals surface area contributed by atoms with Gasteiger partial charge in [0.2, 0.25) is 7.37 Å². The summed E-state index contributed by atoms with van der Waals surface area (Å²) in [4.78, 5) is 0. The van der Waals surface area contributed by atoms with E-state index in [0.717, 1.165) is 0 Å². The largest absolute Gasteiger partial charge is 0.304 e. The molecule has 0 unspecified atom stereocenters. The molecule has 0 aliphatic heterocycles. The Balaban J connectivity index is 4.91. The van der Waals surface area contributed by atoms with Crippen molar-refractivity contribution in [3.05, 3.63) is 23.8 Å². The highest BCUT2D eigenvalue weighted by Crippen LogP contribution is 2.53. The lowest BCUT2D eigenvalue weighted by Gasteiger charge is -2.22. The average Bonchev–Trinajstić information content (AvgIpc) is 2.03. The van der Waals surface area contributed by atoms with Crippen LogP contribution in [0.3, 0.4) is 0 Å². The lowest BCUT2D eigenvalue weighted by Crippen LogP contribution is -2.19. The summed E-state index contributed by atoms with van der Waals surface area (Å²) in [6, 6.07) is 0. The minimum absolute atomic E-state index is 0.811. The molecule has 0 aromatic rings. The molecule has 0 radical (unpaired) electrons. The molecule has 0 saturated heterocycles. The lowest BCUT2D eigenvalue weighted by molar-refractivity contribution is 0.183. The first-order valence-corrected chi connectivity index (χ1v) is 6.21. The molecule has 2 nitrogen and oxygen atoms in total. The van der Waals surface area contributed by atoms with Crippen LogP contribution in [0.5, 0.6) is 0 Å². The maximum absolute atomic E-state index is 12.1. The lowest BCUT2D eigenvalue weighted by atomic mass is 10.2. The van der Waals surface area contributed by atoms with E-state index >= 15 is 0 Å². The third kappa shape index (κ3) is 4.46. The van der Waals surface area contributed by atoms with Crippen LogP contribution >= 0.6 is 7.37 Å². The van der Waals surface area contributed by atoms with Gasteiger partial charge in [0, 0.05) is 11.6 Å².